The molecule has 0 spiro atoms. The molecule has 4 nitrogen and oxygen atoms in total. The van der Waals surface area contributed by atoms with E-state index in [1.54, 1.807) is 24.3 Å². The quantitative estimate of drug-likeness (QED) is 0.554. The molecule has 2 aromatic carbocycles. The summed E-state index contributed by atoms with van der Waals surface area (Å²) in [5, 5.41) is 0. The maximum absolute atomic E-state index is 13.1. The van der Waals surface area contributed by atoms with Crippen LogP contribution in [-0.2, 0) is 6.18 Å². The Labute approximate surface area is 144 Å². The summed E-state index contributed by atoms with van der Waals surface area (Å²) >= 11 is 1.09. The Balaban J connectivity index is 2.62. The van der Waals surface area contributed by atoms with Gasteiger partial charge in [-0.2, -0.15) is 13.2 Å². The molecule has 0 bridgehead atoms. The summed E-state index contributed by atoms with van der Waals surface area (Å²) in [6.07, 6.45) is -4.50. The van der Waals surface area contributed by atoms with Crippen LogP contribution >= 0.6 is 11.3 Å². The van der Waals surface area contributed by atoms with Crippen molar-refractivity contribution in [3.63, 3.8) is 0 Å². The zero-order chi connectivity index (χ0) is 18.4. The van der Waals surface area contributed by atoms with Gasteiger partial charge in [0.05, 0.1) is 26.0 Å². The van der Waals surface area contributed by atoms with Crippen LogP contribution in [0.2, 0.25) is 0 Å². The number of benzene rings is 2. The minimum atomic E-state index is -4.50. The molecule has 0 atom stereocenters. The Morgan fingerprint density at radius 3 is 2.00 bits per heavy atom. The second-order valence-electron chi connectivity index (χ2n) is 5.41. The lowest BCUT2D eigenvalue weighted by atomic mass is 10.2. The molecular weight excluding hydrogens is 353 g/mol. The lowest BCUT2D eigenvalue weighted by Gasteiger charge is -2.13. The van der Waals surface area contributed by atoms with Gasteiger partial charge in [0.1, 0.15) is 0 Å². The van der Waals surface area contributed by atoms with E-state index in [9.17, 15) is 22.8 Å². The highest BCUT2D eigenvalue weighted by Crippen LogP contribution is 2.34. The number of carbonyl (C=O) groups excluding carboxylic acids is 2. The Morgan fingerprint density at radius 1 is 0.880 bits per heavy atom. The highest BCUT2D eigenvalue weighted by Gasteiger charge is 2.31. The molecule has 130 valence electrons. The van der Waals surface area contributed by atoms with Gasteiger partial charge in [-0.1, -0.05) is 12.1 Å². The fraction of sp³-hybridized carbons (Fsp3) is 0.176. The molecule has 0 aliphatic rings. The van der Waals surface area contributed by atoms with Crippen molar-refractivity contribution in [1.82, 2.24) is 9.36 Å². The first-order valence-electron chi connectivity index (χ1n) is 7.29. The molecule has 0 saturated heterocycles. The van der Waals surface area contributed by atoms with E-state index in [1.165, 1.54) is 24.6 Å². The Morgan fingerprint density at radius 2 is 1.44 bits per heavy atom. The van der Waals surface area contributed by atoms with E-state index in [4.69, 9.17) is 0 Å². The molecule has 0 aliphatic carbocycles. The van der Waals surface area contributed by atoms with Crippen molar-refractivity contribution in [2.75, 3.05) is 0 Å². The van der Waals surface area contributed by atoms with Crippen LogP contribution in [0.3, 0.4) is 0 Å². The van der Waals surface area contributed by atoms with Gasteiger partial charge in [0.15, 0.2) is 0 Å². The number of carbonyl (C=O) groups is 2. The molecule has 0 aliphatic heterocycles. The van der Waals surface area contributed by atoms with Crippen LogP contribution in [0.1, 0.15) is 29.0 Å². The van der Waals surface area contributed by atoms with Crippen molar-refractivity contribution in [2.45, 2.75) is 20.0 Å². The predicted octanol–water partition coefficient (Wildman–Crippen LogP) is 5.12. The van der Waals surface area contributed by atoms with Gasteiger partial charge in [-0.05, 0) is 30.3 Å². The number of halogens is 3. The summed E-state index contributed by atoms with van der Waals surface area (Å²) in [5.74, 6) is -0.899. The Hall–Kier alpha value is -2.61. The average Bonchev–Trinajstić information content (AvgIpc) is 2.67. The topological polar surface area (TPSA) is 44.0 Å². The monoisotopic (exact) mass is 366 g/mol. The molecule has 1 heterocycles. The normalized spacial score (nSPS) is 11.7. The van der Waals surface area contributed by atoms with E-state index >= 15 is 0 Å². The number of para-hydroxylation sites is 1. The Kier molecular flexibility index (Phi) is 4.16. The number of rotatable bonds is 0. The van der Waals surface area contributed by atoms with Crippen LogP contribution in [0, 0.1) is 0 Å². The fourth-order valence-corrected chi connectivity index (χ4v) is 3.71. The van der Waals surface area contributed by atoms with Crippen LogP contribution in [0.15, 0.2) is 42.5 Å². The standard InChI is InChI=1S/C17H13F3N2O2S/c1-10(23)21-13-5-3-4-6-15(13)25-16-9-12(17(18,19)20)7-8-14(16)22(21)11(2)24/h3-9H,1-2H3. The zero-order valence-electron chi connectivity index (χ0n) is 13.3. The summed E-state index contributed by atoms with van der Waals surface area (Å²) in [5.41, 5.74) is -0.132. The average molecular weight is 366 g/mol. The van der Waals surface area contributed by atoms with Crippen LogP contribution in [0.5, 0.6) is 0 Å². The maximum atomic E-state index is 13.1. The van der Waals surface area contributed by atoms with Crippen LogP contribution in [0.25, 0.3) is 20.4 Å². The molecule has 3 rings (SSSR count). The largest absolute Gasteiger partial charge is 0.416 e. The van der Waals surface area contributed by atoms with Crippen molar-refractivity contribution in [2.24, 2.45) is 0 Å². The molecule has 0 radical (unpaired) electrons. The maximum Gasteiger partial charge on any atom is 0.416 e. The van der Waals surface area contributed by atoms with E-state index in [0.717, 1.165) is 28.2 Å². The van der Waals surface area contributed by atoms with Crippen molar-refractivity contribution in [1.29, 1.82) is 0 Å². The molecule has 0 unspecified atom stereocenters. The van der Waals surface area contributed by atoms with Crippen LogP contribution < -0.4 is 0 Å². The molecule has 0 amide bonds. The second kappa shape index (κ2) is 6.03. The van der Waals surface area contributed by atoms with E-state index in [1.807, 2.05) is 0 Å². The summed E-state index contributed by atoms with van der Waals surface area (Å²) in [6.45, 7) is 2.56. The van der Waals surface area contributed by atoms with Gasteiger partial charge in [0.25, 0.3) is 0 Å². The minimum Gasteiger partial charge on any atom is -0.273 e. The minimum absolute atomic E-state index is 0.233. The smallest absolute Gasteiger partial charge is 0.273 e. The van der Waals surface area contributed by atoms with Gasteiger partial charge >= 0.3 is 6.18 Å². The van der Waals surface area contributed by atoms with E-state index in [0.29, 0.717) is 10.2 Å². The third-order valence-electron chi connectivity index (χ3n) is 3.63. The van der Waals surface area contributed by atoms with Gasteiger partial charge < -0.3 is 0 Å². The number of hydrogen-bond donors (Lipinski definition) is 0. The van der Waals surface area contributed by atoms with Crippen molar-refractivity contribution in [3.8, 4) is 0 Å². The number of alkyl halides is 3. The highest BCUT2D eigenvalue weighted by molar-refractivity contribution is 7.24. The number of aromatic nitrogens is 2. The third kappa shape index (κ3) is 3.05. The van der Waals surface area contributed by atoms with Gasteiger partial charge in [0, 0.05) is 13.8 Å². The van der Waals surface area contributed by atoms with Gasteiger partial charge in [-0.3, -0.25) is 9.59 Å². The third-order valence-corrected chi connectivity index (χ3v) is 4.74. The summed E-state index contributed by atoms with van der Waals surface area (Å²) in [4.78, 5) is 24.4. The van der Waals surface area contributed by atoms with Gasteiger partial charge in [-0.25, -0.2) is 9.36 Å². The van der Waals surface area contributed by atoms with E-state index < -0.39 is 23.6 Å². The Bertz CT molecular complexity index is 1060. The molecule has 0 fully saturated rings. The zero-order valence-corrected chi connectivity index (χ0v) is 14.1. The fourth-order valence-electron chi connectivity index (χ4n) is 2.62. The molecule has 25 heavy (non-hydrogen) atoms. The van der Waals surface area contributed by atoms with Crippen LogP contribution in [-0.4, -0.2) is 21.2 Å². The first-order chi connectivity index (χ1) is 11.7. The lowest BCUT2D eigenvalue weighted by Crippen LogP contribution is -2.24. The molecule has 0 N–H and O–H groups in total. The first kappa shape index (κ1) is 17.2. The van der Waals surface area contributed by atoms with Crippen LogP contribution in [0.4, 0.5) is 13.2 Å². The van der Waals surface area contributed by atoms with Gasteiger partial charge in [0.2, 0.25) is 11.8 Å². The van der Waals surface area contributed by atoms with Crippen molar-refractivity contribution < 1.29 is 22.8 Å². The van der Waals surface area contributed by atoms with Crippen molar-refractivity contribution in [3.05, 3.63) is 48.0 Å². The van der Waals surface area contributed by atoms with Crippen molar-refractivity contribution >= 4 is 43.6 Å². The van der Waals surface area contributed by atoms with Gasteiger partial charge in [-0.15, -0.1) is 11.3 Å². The molecule has 3 aromatic rings. The highest BCUT2D eigenvalue weighted by atomic mass is 32.1. The number of hydrogen-bond acceptors (Lipinski definition) is 3. The molecule has 8 heteroatoms. The predicted molar refractivity (Wildman–Crippen MR) is 90.5 cm³/mol. The lowest BCUT2D eigenvalue weighted by molar-refractivity contribution is -0.137. The first-order valence-corrected chi connectivity index (χ1v) is 8.11. The summed E-state index contributed by atoms with van der Waals surface area (Å²) < 4.78 is 42.3. The number of nitrogens with zero attached hydrogens (tertiary/aromatic N) is 2. The molecule has 1 aromatic heterocycles. The number of fused-ring (bicyclic) bond motifs is 2. The molecular formula is C17H13F3N2O2S. The summed E-state index contributed by atoms with van der Waals surface area (Å²) in [7, 11) is 0. The van der Waals surface area contributed by atoms with E-state index in [2.05, 4.69) is 0 Å². The SMILES string of the molecule is CC(=O)n1c2ccccc2sc2cc(C(F)(F)F)ccc2n1C(C)=O. The van der Waals surface area contributed by atoms with E-state index in [-0.39, 0.29) is 10.2 Å². The molecule has 0 saturated carbocycles. The second-order valence-corrected chi connectivity index (χ2v) is 6.50. The summed E-state index contributed by atoms with van der Waals surface area (Å²) in [6, 6.07) is 9.89.